The van der Waals surface area contributed by atoms with Crippen LogP contribution in [0.5, 0.6) is 0 Å². The molecule has 0 atom stereocenters. The number of halogens is 1. The van der Waals surface area contributed by atoms with Crippen molar-refractivity contribution in [3.8, 4) is 0 Å². The van der Waals surface area contributed by atoms with E-state index in [2.05, 4.69) is 5.32 Å². The normalized spacial score (nSPS) is 9.67. The van der Waals surface area contributed by atoms with Crippen LogP contribution in [-0.2, 0) is 4.79 Å². The second-order valence-electron chi connectivity index (χ2n) is 2.78. The Labute approximate surface area is 90.2 Å². The summed E-state index contributed by atoms with van der Waals surface area (Å²) in [6.07, 6.45) is 0. The Balaban J connectivity index is 2.72. The number of amides is 1. The van der Waals surface area contributed by atoms with Crippen molar-refractivity contribution in [3.05, 3.63) is 33.3 Å². The third-order valence-electron chi connectivity index (χ3n) is 1.54. The quantitative estimate of drug-likeness (QED) is 0.461. The molecule has 0 radical (unpaired) electrons. The van der Waals surface area contributed by atoms with Gasteiger partial charge in [-0.3, -0.25) is 14.9 Å². The van der Waals surface area contributed by atoms with E-state index in [-0.39, 0.29) is 5.02 Å². The molecule has 7 heteroatoms. The number of hydrogen-bond acceptors (Lipinski definition) is 4. The Morgan fingerprint density at radius 3 is 2.80 bits per heavy atom. The van der Waals surface area contributed by atoms with Crippen LogP contribution >= 0.6 is 11.6 Å². The lowest BCUT2D eigenvalue weighted by molar-refractivity contribution is -0.467. The van der Waals surface area contributed by atoms with Crippen molar-refractivity contribution in [2.75, 3.05) is 17.6 Å². The molecule has 1 amide bonds. The van der Waals surface area contributed by atoms with E-state index < -0.39 is 17.4 Å². The average molecular weight is 230 g/mol. The maximum Gasteiger partial charge on any atom is 0.296 e. The number of nitrogens with two attached hydrogens (primary N) is 1. The van der Waals surface area contributed by atoms with Gasteiger partial charge in [-0.1, -0.05) is 11.6 Å². The second-order valence-corrected chi connectivity index (χ2v) is 3.19. The lowest BCUT2D eigenvalue weighted by atomic mass is 10.3. The molecule has 0 aliphatic carbocycles. The Morgan fingerprint density at radius 2 is 2.27 bits per heavy atom. The van der Waals surface area contributed by atoms with Crippen molar-refractivity contribution < 1.29 is 9.72 Å². The van der Waals surface area contributed by atoms with Gasteiger partial charge in [0, 0.05) is 10.6 Å². The molecule has 0 aliphatic heterocycles. The largest absolute Gasteiger partial charge is 0.399 e. The molecule has 15 heavy (non-hydrogen) atoms. The van der Waals surface area contributed by atoms with Crippen LogP contribution in [0.3, 0.4) is 0 Å². The summed E-state index contributed by atoms with van der Waals surface area (Å²) in [6, 6.07) is 4.46. The average Bonchev–Trinajstić information content (AvgIpc) is 2.08. The van der Waals surface area contributed by atoms with Crippen LogP contribution in [0.2, 0.25) is 5.02 Å². The molecule has 80 valence electrons. The van der Waals surface area contributed by atoms with Crippen molar-refractivity contribution >= 4 is 28.9 Å². The van der Waals surface area contributed by atoms with Gasteiger partial charge in [-0.2, -0.15) is 0 Å². The molecule has 1 rings (SSSR count). The Kier molecular flexibility index (Phi) is 3.46. The van der Waals surface area contributed by atoms with Crippen molar-refractivity contribution in [3.63, 3.8) is 0 Å². The first-order chi connectivity index (χ1) is 6.99. The molecule has 0 aliphatic rings. The maximum atomic E-state index is 11.0. The number of nitro groups is 1. The van der Waals surface area contributed by atoms with Crippen molar-refractivity contribution in [2.45, 2.75) is 0 Å². The Bertz CT molecular complexity index is 408. The number of anilines is 2. The number of rotatable bonds is 3. The molecule has 1 aromatic carbocycles. The van der Waals surface area contributed by atoms with E-state index >= 15 is 0 Å². The fourth-order valence-corrected chi connectivity index (χ4v) is 1.18. The minimum absolute atomic E-state index is 0.242. The van der Waals surface area contributed by atoms with E-state index in [4.69, 9.17) is 17.3 Å². The summed E-state index contributed by atoms with van der Waals surface area (Å²) in [5.41, 5.74) is 6.19. The molecule has 0 saturated carbocycles. The fraction of sp³-hybridized carbons (Fsp3) is 0.125. The molecule has 0 heterocycles. The lowest BCUT2D eigenvalue weighted by Gasteiger charge is -2.05. The van der Waals surface area contributed by atoms with Gasteiger partial charge >= 0.3 is 0 Å². The third-order valence-corrected chi connectivity index (χ3v) is 1.85. The van der Waals surface area contributed by atoms with E-state index in [0.29, 0.717) is 11.4 Å². The molecule has 1 aromatic rings. The molecule has 0 spiro atoms. The van der Waals surface area contributed by atoms with Crippen molar-refractivity contribution in [1.82, 2.24) is 0 Å². The van der Waals surface area contributed by atoms with Crippen LogP contribution < -0.4 is 11.1 Å². The summed E-state index contributed by atoms with van der Waals surface area (Å²) in [5.74, 6) is -0.730. The summed E-state index contributed by atoms with van der Waals surface area (Å²) in [7, 11) is 0. The molecule has 0 bridgehead atoms. The summed E-state index contributed by atoms with van der Waals surface area (Å²) >= 11 is 5.75. The summed E-state index contributed by atoms with van der Waals surface area (Å²) in [4.78, 5) is 20.3. The fourth-order valence-electron chi connectivity index (χ4n) is 0.940. The van der Waals surface area contributed by atoms with Gasteiger partial charge in [-0.05, 0) is 18.2 Å². The molecule has 0 unspecified atom stereocenters. The summed E-state index contributed by atoms with van der Waals surface area (Å²) < 4.78 is 0. The van der Waals surface area contributed by atoms with E-state index in [1.165, 1.54) is 18.2 Å². The first kappa shape index (κ1) is 11.3. The van der Waals surface area contributed by atoms with E-state index in [1.54, 1.807) is 0 Å². The molecule has 6 nitrogen and oxygen atoms in total. The van der Waals surface area contributed by atoms with Gasteiger partial charge in [0.1, 0.15) is 0 Å². The van der Waals surface area contributed by atoms with Gasteiger partial charge in [0.05, 0.1) is 10.7 Å². The first-order valence-electron chi connectivity index (χ1n) is 3.95. The van der Waals surface area contributed by atoms with Crippen LogP contribution in [0.4, 0.5) is 11.4 Å². The Morgan fingerprint density at radius 1 is 1.60 bits per heavy atom. The van der Waals surface area contributed by atoms with Crippen LogP contribution in [-0.4, -0.2) is 17.4 Å². The van der Waals surface area contributed by atoms with Gasteiger partial charge in [0.2, 0.25) is 0 Å². The van der Waals surface area contributed by atoms with Gasteiger partial charge in [-0.15, -0.1) is 0 Å². The highest BCUT2D eigenvalue weighted by molar-refractivity contribution is 6.34. The number of nitrogens with one attached hydrogen (secondary N) is 1. The molecular formula is C8H8ClN3O3. The van der Waals surface area contributed by atoms with Gasteiger partial charge in [-0.25, -0.2) is 0 Å². The maximum absolute atomic E-state index is 11.0. The number of nitrogen functional groups attached to an aromatic ring is 1. The molecule has 0 fully saturated rings. The number of benzene rings is 1. The third kappa shape index (κ3) is 3.43. The van der Waals surface area contributed by atoms with E-state index in [0.717, 1.165) is 0 Å². The highest BCUT2D eigenvalue weighted by Crippen LogP contribution is 2.23. The molecule has 3 N–H and O–H groups in total. The van der Waals surface area contributed by atoms with Crippen LogP contribution in [0, 0.1) is 10.1 Å². The van der Waals surface area contributed by atoms with Crippen LogP contribution in [0.15, 0.2) is 18.2 Å². The topological polar surface area (TPSA) is 98.3 Å². The SMILES string of the molecule is Nc1ccc(NC(=O)C[N+](=O)[O-])c(Cl)c1. The smallest absolute Gasteiger partial charge is 0.296 e. The van der Waals surface area contributed by atoms with E-state index in [9.17, 15) is 14.9 Å². The zero-order valence-corrected chi connectivity index (χ0v) is 8.32. The minimum Gasteiger partial charge on any atom is -0.399 e. The van der Waals surface area contributed by atoms with Crippen molar-refractivity contribution in [1.29, 1.82) is 0 Å². The highest BCUT2D eigenvalue weighted by Gasteiger charge is 2.11. The lowest BCUT2D eigenvalue weighted by Crippen LogP contribution is -2.21. The number of nitrogens with zero attached hydrogens (tertiary/aromatic N) is 1. The van der Waals surface area contributed by atoms with Gasteiger partial charge < -0.3 is 11.1 Å². The minimum atomic E-state index is -0.791. The summed E-state index contributed by atoms with van der Waals surface area (Å²) in [6.45, 7) is -0.791. The van der Waals surface area contributed by atoms with Crippen LogP contribution in [0.25, 0.3) is 0 Å². The molecule has 0 aromatic heterocycles. The standard InChI is InChI=1S/C8H8ClN3O3/c9-6-3-5(10)1-2-7(6)11-8(13)4-12(14)15/h1-3H,4,10H2,(H,11,13). The monoisotopic (exact) mass is 229 g/mol. The van der Waals surface area contributed by atoms with Crippen LogP contribution in [0.1, 0.15) is 0 Å². The van der Waals surface area contributed by atoms with E-state index in [1.807, 2.05) is 0 Å². The number of carbonyl (C=O) groups excluding carboxylic acids is 1. The number of carbonyl (C=O) groups is 1. The Hall–Kier alpha value is -1.82. The molecule has 0 saturated heterocycles. The predicted octanol–water partition coefficient (Wildman–Crippen LogP) is 1.14. The van der Waals surface area contributed by atoms with Gasteiger partial charge in [0.25, 0.3) is 12.5 Å². The highest BCUT2D eigenvalue weighted by atomic mass is 35.5. The zero-order chi connectivity index (χ0) is 11.4. The number of hydrogen-bond donors (Lipinski definition) is 2. The van der Waals surface area contributed by atoms with Gasteiger partial charge in [0.15, 0.2) is 0 Å². The predicted molar refractivity (Wildman–Crippen MR) is 56.4 cm³/mol. The zero-order valence-electron chi connectivity index (χ0n) is 7.57. The second kappa shape index (κ2) is 4.61. The first-order valence-corrected chi connectivity index (χ1v) is 4.33. The van der Waals surface area contributed by atoms with Crippen molar-refractivity contribution in [2.24, 2.45) is 0 Å². The molecular weight excluding hydrogens is 222 g/mol. The summed E-state index contributed by atoms with van der Waals surface area (Å²) in [5, 5.41) is 12.6.